The van der Waals surface area contributed by atoms with E-state index in [2.05, 4.69) is 0 Å². The molecule has 0 saturated heterocycles. The van der Waals surface area contributed by atoms with Crippen molar-refractivity contribution < 1.29 is 9.53 Å². The van der Waals surface area contributed by atoms with Gasteiger partial charge >= 0.3 is 0 Å². The van der Waals surface area contributed by atoms with Crippen LogP contribution in [0.5, 0.6) is 5.75 Å². The van der Waals surface area contributed by atoms with E-state index in [1.807, 2.05) is 59.3 Å². The largest absolute Gasteiger partial charge is 0.483 e. The first-order valence-corrected chi connectivity index (χ1v) is 9.55. The number of imidazole rings is 1. The molecule has 1 aliphatic rings. The van der Waals surface area contributed by atoms with Crippen LogP contribution in [0.15, 0.2) is 59.3 Å². The van der Waals surface area contributed by atoms with Gasteiger partial charge in [0.05, 0.1) is 21.0 Å². The molecule has 0 unspecified atom stereocenters. The van der Waals surface area contributed by atoms with Crippen molar-refractivity contribution in [3.8, 4) is 38.3 Å². The molecule has 4 aromatic rings. The van der Waals surface area contributed by atoms with Gasteiger partial charge in [0.25, 0.3) is 5.91 Å². The molecule has 0 fully saturated rings. The van der Waals surface area contributed by atoms with Crippen molar-refractivity contribution in [3.05, 3.63) is 59.3 Å². The molecule has 0 N–H and O–H groups in total. The Labute approximate surface area is 152 Å². The predicted octanol–water partition coefficient (Wildman–Crippen LogP) is 5.04. The third-order valence-corrected chi connectivity index (χ3v) is 5.87. The Bertz CT molecular complexity index is 1060. The highest BCUT2D eigenvalue weighted by Crippen LogP contribution is 2.42. The second-order valence-corrected chi connectivity index (χ2v) is 7.50. The fourth-order valence-electron chi connectivity index (χ4n) is 3.05. The molecule has 0 radical (unpaired) electrons. The molecule has 3 aromatic heterocycles. The number of carbonyl (C=O) groups excluding carboxylic acids is 1. The van der Waals surface area contributed by atoms with Crippen LogP contribution in [0.4, 0.5) is 0 Å². The van der Waals surface area contributed by atoms with Crippen LogP contribution in [0.1, 0.15) is 4.79 Å². The van der Waals surface area contributed by atoms with Gasteiger partial charge in [-0.25, -0.2) is 4.98 Å². The van der Waals surface area contributed by atoms with Gasteiger partial charge in [0, 0.05) is 0 Å². The van der Waals surface area contributed by atoms with E-state index in [4.69, 9.17) is 9.72 Å². The minimum absolute atomic E-state index is 0.00261. The maximum atomic E-state index is 12.9. The van der Waals surface area contributed by atoms with Crippen LogP contribution < -0.4 is 4.74 Å². The zero-order chi connectivity index (χ0) is 16.8. The molecule has 1 aliphatic heterocycles. The van der Waals surface area contributed by atoms with Crippen molar-refractivity contribution in [1.29, 1.82) is 0 Å². The molecule has 5 rings (SSSR count). The maximum Gasteiger partial charge on any atom is 0.270 e. The van der Waals surface area contributed by atoms with Gasteiger partial charge in [0.15, 0.2) is 12.4 Å². The van der Waals surface area contributed by atoms with Gasteiger partial charge < -0.3 is 4.74 Å². The van der Waals surface area contributed by atoms with Crippen molar-refractivity contribution in [2.24, 2.45) is 0 Å². The summed E-state index contributed by atoms with van der Waals surface area (Å²) in [5.74, 6) is 1.23. The zero-order valence-corrected chi connectivity index (χ0v) is 14.6. The van der Waals surface area contributed by atoms with Gasteiger partial charge in [-0.05, 0) is 35.0 Å². The summed E-state index contributed by atoms with van der Waals surface area (Å²) in [4.78, 5) is 19.8. The van der Waals surface area contributed by atoms with Crippen molar-refractivity contribution in [2.45, 2.75) is 0 Å². The monoisotopic (exact) mass is 364 g/mol. The van der Waals surface area contributed by atoms with Gasteiger partial charge in [-0.2, -0.15) is 0 Å². The molecular formula is C19H12N2O2S2. The Balaban J connectivity index is 1.88. The second-order valence-electron chi connectivity index (χ2n) is 5.60. The third kappa shape index (κ3) is 2.26. The minimum Gasteiger partial charge on any atom is -0.483 e. The van der Waals surface area contributed by atoms with Crippen LogP contribution in [-0.4, -0.2) is 22.1 Å². The maximum absolute atomic E-state index is 12.9. The smallest absolute Gasteiger partial charge is 0.270 e. The van der Waals surface area contributed by atoms with E-state index >= 15 is 0 Å². The number of aromatic nitrogens is 2. The number of hydrogen-bond donors (Lipinski definition) is 0. The number of para-hydroxylation sites is 1. The first-order valence-electron chi connectivity index (χ1n) is 7.79. The van der Waals surface area contributed by atoms with E-state index in [0.717, 1.165) is 26.7 Å². The van der Waals surface area contributed by atoms with Gasteiger partial charge in [0.1, 0.15) is 11.4 Å². The summed E-state index contributed by atoms with van der Waals surface area (Å²) in [6, 6.07) is 15.7. The number of carbonyl (C=O) groups is 1. The van der Waals surface area contributed by atoms with Crippen molar-refractivity contribution in [1.82, 2.24) is 9.55 Å². The molecule has 4 heterocycles. The average molecular weight is 364 g/mol. The number of ether oxygens (including phenoxy) is 1. The number of fused-ring (bicyclic) bond motifs is 3. The van der Waals surface area contributed by atoms with Crippen LogP contribution in [0, 0.1) is 0 Å². The number of nitrogens with zero attached hydrogens (tertiary/aromatic N) is 2. The molecule has 122 valence electrons. The molecule has 6 heteroatoms. The molecule has 1 aromatic carbocycles. The summed E-state index contributed by atoms with van der Waals surface area (Å²) < 4.78 is 7.42. The van der Waals surface area contributed by atoms with E-state index in [-0.39, 0.29) is 12.5 Å². The first-order chi connectivity index (χ1) is 12.3. The highest BCUT2D eigenvalue weighted by molar-refractivity contribution is 7.14. The topological polar surface area (TPSA) is 44.1 Å². The van der Waals surface area contributed by atoms with Gasteiger partial charge in [-0.1, -0.05) is 24.3 Å². The fraction of sp³-hybridized carbons (Fsp3) is 0.0526. The Morgan fingerprint density at radius 3 is 2.48 bits per heavy atom. The van der Waals surface area contributed by atoms with E-state index in [1.165, 1.54) is 0 Å². The summed E-state index contributed by atoms with van der Waals surface area (Å²) in [5.41, 5.74) is 2.53. The Morgan fingerprint density at radius 1 is 0.960 bits per heavy atom. The van der Waals surface area contributed by atoms with E-state index < -0.39 is 0 Å². The lowest BCUT2D eigenvalue weighted by atomic mass is 10.2. The molecule has 0 atom stereocenters. The number of thiophene rings is 2. The van der Waals surface area contributed by atoms with Crippen LogP contribution in [0.2, 0.25) is 0 Å². The average Bonchev–Trinajstić information content (AvgIpc) is 3.37. The minimum atomic E-state index is -0.107. The van der Waals surface area contributed by atoms with Crippen LogP contribution in [0.3, 0.4) is 0 Å². The second kappa shape index (κ2) is 5.68. The number of benzene rings is 1. The van der Waals surface area contributed by atoms with Crippen LogP contribution in [-0.2, 0) is 0 Å². The first kappa shape index (κ1) is 14.6. The summed E-state index contributed by atoms with van der Waals surface area (Å²) in [5, 5.41) is 4.04. The number of hydrogen-bond acceptors (Lipinski definition) is 5. The highest BCUT2D eigenvalue weighted by Gasteiger charge is 2.29. The molecule has 4 nitrogen and oxygen atoms in total. The normalized spacial score (nSPS) is 13.0. The zero-order valence-electron chi connectivity index (χ0n) is 13.0. The standard InChI is InChI=1S/C19H12N2O2S2/c22-16-11-23-13-6-2-1-5-12(13)19-20-17(14-7-3-9-24-14)18(21(16)19)15-8-4-10-25-15/h1-10H,11H2. The highest BCUT2D eigenvalue weighted by atomic mass is 32.1. The van der Waals surface area contributed by atoms with E-state index in [0.29, 0.717) is 11.6 Å². The van der Waals surface area contributed by atoms with Crippen LogP contribution >= 0.6 is 22.7 Å². The quantitative estimate of drug-likeness (QED) is 0.500. The SMILES string of the molecule is O=C1COc2ccccc2-c2nc(-c3cccs3)c(-c3cccs3)n21. The van der Waals surface area contributed by atoms with Gasteiger partial charge in [-0.15, -0.1) is 22.7 Å². The van der Waals surface area contributed by atoms with Crippen molar-refractivity contribution in [2.75, 3.05) is 6.61 Å². The number of rotatable bonds is 2. The summed E-state index contributed by atoms with van der Waals surface area (Å²) in [6.45, 7) is 0.00261. The fourth-order valence-corrected chi connectivity index (χ4v) is 4.53. The van der Waals surface area contributed by atoms with Gasteiger partial charge in [-0.3, -0.25) is 9.36 Å². The molecule has 0 aliphatic carbocycles. The molecule has 0 spiro atoms. The summed E-state index contributed by atoms with van der Waals surface area (Å²) >= 11 is 3.23. The Hall–Kier alpha value is -2.70. The lowest BCUT2D eigenvalue weighted by Crippen LogP contribution is -2.18. The van der Waals surface area contributed by atoms with Crippen molar-refractivity contribution >= 4 is 28.6 Å². The predicted molar refractivity (Wildman–Crippen MR) is 100 cm³/mol. The molecular weight excluding hydrogens is 352 g/mol. The lowest BCUT2D eigenvalue weighted by molar-refractivity contribution is 0.0848. The Kier molecular flexibility index (Phi) is 3.33. The van der Waals surface area contributed by atoms with Crippen molar-refractivity contribution in [3.63, 3.8) is 0 Å². The lowest BCUT2D eigenvalue weighted by Gasteiger charge is -2.06. The summed E-state index contributed by atoms with van der Waals surface area (Å²) in [7, 11) is 0. The van der Waals surface area contributed by atoms with E-state index in [9.17, 15) is 4.79 Å². The van der Waals surface area contributed by atoms with Gasteiger partial charge in [0.2, 0.25) is 0 Å². The molecule has 0 saturated carbocycles. The molecule has 25 heavy (non-hydrogen) atoms. The summed E-state index contributed by atoms with van der Waals surface area (Å²) in [6.07, 6.45) is 0. The molecule has 0 amide bonds. The van der Waals surface area contributed by atoms with Crippen LogP contribution in [0.25, 0.3) is 32.5 Å². The Morgan fingerprint density at radius 2 is 1.72 bits per heavy atom. The molecule has 0 bridgehead atoms. The van der Waals surface area contributed by atoms with E-state index in [1.54, 1.807) is 27.2 Å². The third-order valence-electron chi connectivity index (χ3n) is 4.12.